The number of carbonyl (C=O) groups is 1. The molecule has 0 bridgehead atoms. The molecule has 0 spiro atoms. The van der Waals surface area contributed by atoms with Gasteiger partial charge in [-0.05, 0) is 30.2 Å². The summed E-state index contributed by atoms with van der Waals surface area (Å²) in [6, 6.07) is 17.6. The lowest BCUT2D eigenvalue weighted by Crippen LogP contribution is -2.48. The molecule has 1 aliphatic rings. The summed E-state index contributed by atoms with van der Waals surface area (Å²) < 4.78 is 25.5. The van der Waals surface area contributed by atoms with Crippen molar-refractivity contribution in [3.63, 3.8) is 0 Å². The molecule has 3 rings (SSSR count). The Bertz CT molecular complexity index is 906. The number of benzene rings is 2. The van der Waals surface area contributed by atoms with Crippen LogP contribution in [0.15, 0.2) is 54.6 Å². The molecule has 0 aromatic heterocycles. The first-order valence-electron chi connectivity index (χ1n) is 9.97. The monoisotopic (exact) mass is 415 g/mol. The van der Waals surface area contributed by atoms with Crippen LogP contribution in [0.3, 0.4) is 0 Å². The number of rotatable bonds is 7. The second-order valence-electron chi connectivity index (χ2n) is 7.42. The first-order chi connectivity index (χ1) is 13.9. The Morgan fingerprint density at radius 2 is 1.55 bits per heavy atom. The van der Waals surface area contributed by atoms with Crippen LogP contribution in [0.25, 0.3) is 0 Å². The molecule has 6 nitrogen and oxygen atoms in total. The molecular weight excluding hydrogens is 386 g/mol. The summed E-state index contributed by atoms with van der Waals surface area (Å²) in [5, 5.41) is 0. The molecule has 2 aromatic rings. The average Bonchev–Trinajstić information content (AvgIpc) is 2.75. The summed E-state index contributed by atoms with van der Waals surface area (Å²) in [5.41, 5.74) is 2.90. The molecule has 1 aliphatic heterocycles. The molecule has 156 valence electrons. The number of sulfonamides is 1. The van der Waals surface area contributed by atoms with Gasteiger partial charge in [-0.2, -0.15) is 4.31 Å². The van der Waals surface area contributed by atoms with Crippen LogP contribution in [-0.4, -0.2) is 67.4 Å². The lowest BCUT2D eigenvalue weighted by molar-refractivity contribution is 0.0785. The number of hydrogen-bond donors (Lipinski definition) is 0. The van der Waals surface area contributed by atoms with Crippen molar-refractivity contribution >= 4 is 15.9 Å². The SMILES string of the molecule is CCS(=O)(=O)N1CCN(Cc2ccc(C(=O)N(C)Cc3ccccc3)cc2)CC1. The third-order valence-corrected chi connectivity index (χ3v) is 7.19. The first kappa shape index (κ1) is 21.5. The molecule has 0 saturated carbocycles. The van der Waals surface area contributed by atoms with Crippen LogP contribution < -0.4 is 0 Å². The molecule has 1 amide bonds. The molecule has 0 radical (unpaired) electrons. The molecule has 1 heterocycles. The first-order valence-corrected chi connectivity index (χ1v) is 11.6. The van der Waals surface area contributed by atoms with Gasteiger partial charge in [0.1, 0.15) is 0 Å². The fourth-order valence-electron chi connectivity index (χ4n) is 3.51. The molecule has 1 fully saturated rings. The summed E-state index contributed by atoms with van der Waals surface area (Å²) in [4.78, 5) is 16.6. The molecule has 2 aromatic carbocycles. The van der Waals surface area contributed by atoms with Gasteiger partial charge in [0.15, 0.2) is 0 Å². The highest BCUT2D eigenvalue weighted by molar-refractivity contribution is 7.89. The Morgan fingerprint density at radius 3 is 2.14 bits per heavy atom. The Balaban J connectivity index is 1.53. The third-order valence-electron chi connectivity index (χ3n) is 5.31. The van der Waals surface area contributed by atoms with E-state index in [2.05, 4.69) is 4.90 Å². The van der Waals surface area contributed by atoms with Gasteiger partial charge in [0.25, 0.3) is 5.91 Å². The van der Waals surface area contributed by atoms with Crippen LogP contribution in [0, 0.1) is 0 Å². The average molecular weight is 416 g/mol. The Morgan fingerprint density at radius 1 is 0.931 bits per heavy atom. The molecule has 1 saturated heterocycles. The van der Waals surface area contributed by atoms with Crippen molar-refractivity contribution < 1.29 is 13.2 Å². The lowest BCUT2D eigenvalue weighted by Gasteiger charge is -2.33. The minimum Gasteiger partial charge on any atom is -0.337 e. The van der Waals surface area contributed by atoms with E-state index >= 15 is 0 Å². The van der Waals surface area contributed by atoms with E-state index in [1.807, 2.05) is 61.6 Å². The molecule has 29 heavy (non-hydrogen) atoms. The van der Waals surface area contributed by atoms with E-state index in [9.17, 15) is 13.2 Å². The van der Waals surface area contributed by atoms with Crippen LogP contribution in [0.5, 0.6) is 0 Å². The van der Waals surface area contributed by atoms with Gasteiger partial charge in [-0.3, -0.25) is 9.69 Å². The summed E-state index contributed by atoms with van der Waals surface area (Å²) in [6.45, 7) is 5.54. The number of amides is 1. The second kappa shape index (κ2) is 9.52. The van der Waals surface area contributed by atoms with Crippen LogP contribution in [0.4, 0.5) is 0 Å². The van der Waals surface area contributed by atoms with E-state index in [-0.39, 0.29) is 11.7 Å². The quantitative estimate of drug-likeness (QED) is 0.697. The minimum atomic E-state index is -3.10. The van der Waals surface area contributed by atoms with Gasteiger partial charge in [-0.1, -0.05) is 42.5 Å². The largest absolute Gasteiger partial charge is 0.337 e. The summed E-state index contributed by atoms with van der Waals surface area (Å²) in [7, 11) is -1.29. The van der Waals surface area contributed by atoms with E-state index in [4.69, 9.17) is 0 Å². The van der Waals surface area contributed by atoms with Gasteiger partial charge in [0, 0.05) is 51.9 Å². The van der Waals surface area contributed by atoms with E-state index in [1.165, 1.54) is 0 Å². The molecule has 0 N–H and O–H groups in total. The maximum Gasteiger partial charge on any atom is 0.253 e. The molecular formula is C22H29N3O3S. The predicted octanol–water partition coefficient (Wildman–Crippen LogP) is 2.43. The van der Waals surface area contributed by atoms with Crippen molar-refractivity contribution in [2.24, 2.45) is 0 Å². The van der Waals surface area contributed by atoms with Crippen molar-refractivity contribution in [2.75, 3.05) is 39.0 Å². The van der Waals surface area contributed by atoms with Gasteiger partial charge < -0.3 is 4.90 Å². The highest BCUT2D eigenvalue weighted by atomic mass is 32.2. The number of hydrogen-bond acceptors (Lipinski definition) is 4. The maximum atomic E-state index is 12.7. The van der Waals surface area contributed by atoms with Crippen LogP contribution in [0.1, 0.15) is 28.4 Å². The number of nitrogens with zero attached hydrogens (tertiary/aromatic N) is 3. The molecule has 0 atom stereocenters. The molecule has 7 heteroatoms. The fourth-order valence-corrected chi connectivity index (χ4v) is 4.59. The number of carbonyl (C=O) groups excluding carboxylic acids is 1. The standard InChI is InChI=1S/C22H29N3O3S/c1-3-29(27,28)25-15-13-24(14-16-25)18-20-9-11-21(12-10-20)22(26)23(2)17-19-7-5-4-6-8-19/h4-12H,3,13-18H2,1-2H3. The normalized spacial score (nSPS) is 15.9. The molecule has 0 aliphatic carbocycles. The van der Waals surface area contributed by atoms with Crippen LogP contribution in [-0.2, 0) is 23.1 Å². The van der Waals surface area contributed by atoms with Gasteiger partial charge >= 0.3 is 0 Å². The second-order valence-corrected chi connectivity index (χ2v) is 9.68. The van der Waals surface area contributed by atoms with E-state index in [0.29, 0.717) is 25.2 Å². The molecule has 0 unspecified atom stereocenters. The lowest BCUT2D eigenvalue weighted by atomic mass is 10.1. The Labute approximate surface area is 173 Å². The summed E-state index contributed by atoms with van der Waals surface area (Å²) in [6.07, 6.45) is 0. The minimum absolute atomic E-state index is 0.00112. The fraction of sp³-hybridized carbons (Fsp3) is 0.409. The maximum absolute atomic E-state index is 12.7. The summed E-state index contributed by atoms with van der Waals surface area (Å²) >= 11 is 0. The Kier molecular flexibility index (Phi) is 7.05. The van der Waals surface area contributed by atoms with E-state index in [1.54, 1.807) is 16.1 Å². The zero-order valence-corrected chi connectivity index (χ0v) is 17.9. The highest BCUT2D eigenvalue weighted by Gasteiger charge is 2.25. The number of piperazine rings is 1. The van der Waals surface area contributed by atoms with Crippen molar-refractivity contribution in [1.82, 2.24) is 14.1 Å². The van der Waals surface area contributed by atoms with Crippen molar-refractivity contribution in [3.8, 4) is 0 Å². The summed E-state index contributed by atoms with van der Waals surface area (Å²) in [5.74, 6) is 0.153. The predicted molar refractivity (Wildman–Crippen MR) is 115 cm³/mol. The Hall–Kier alpha value is -2.22. The van der Waals surface area contributed by atoms with Crippen LogP contribution >= 0.6 is 0 Å². The van der Waals surface area contributed by atoms with Gasteiger partial charge in [0.2, 0.25) is 10.0 Å². The van der Waals surface area contributed by atoms with E-state index in [0.717, 1.165) is 30.8 Å². The third kappa shape index (κ3) is 5.65. The van der Waals surface area contributed by atoms with Crippen molar-refractivity contribution in [3.05, 3.63) is 71.3 Å². The van der Waals surface area contributed by atoms with Gasteiger partial charge in [0.05, 0.1) is 5.75 Å². The van der Waals surface area contributed by atoms with Crippen LogP contribution in [0.2, 0.25) is 0 Å². The highest BCUT2D eigenvalue weighted by Crippen LogP contribution is 2.14. The van der Waals surface area contributed by atoms with Gasteiger partial charge in [-0.15, -0.1) is 0 Å². The van der Waals surface area contributed by atoms with Crippen molar-refractivity contribution in [2.45, 2.75) is 20.0 Å². The zero-order chi connectivity index (χ0) is 20.9. The van der Waals surface area contributed by atoms with E-state index < -0.39 is 10.0 Å². The van der Waals surface area contributed by atoms with Gasteiger partial charge in [-0.25, -0.2) is 8.42 Å². The topological polar surface area (TPSA) is 60.9 Å². The smallest absolute Gasteiger partial charge is 0.253 e. The van der Waals surface area contributed by atoms with Crippen molar-refractivity contribution in [1.29, 1.82) is 0 Å². The zero-order valence-electron chi connectivity index (χ0n) is 17.1.